The molecule has 6 nitrogen and oxygen atoms in total. The van der Waals surface area contributed by atoms with Crippen LogP contribution in [0.3, 0.4) is 0 Å². The highest BCUT2D eigenvalue weighted by Gasteiger charge is 2.21. The van der Waals surface area contributed by atoms with E-state index in [0.29, 0.717) is 10.6 Å². The zero-order chi connectivity index (χ0) is 17.9. The van der Waals surface area contributed by atoms with Gasteiger partial charge in [-0.2, -0.15) is 0 Å². The summed E-state index contributed by atoms with van der Waals surface area (Å²) in [7, 11) is 0. The van der Waals surface area contributed by atoms with E-state index in [1.165, 1.54) is 17.4 Å². The average Bonchev–Trinajstić information content (AvgIpc) is 2.95. The van der Waals surface area contributed by atoms with Gasteiger partial charge in [0.15, 0.2) is 5.69 Å². The fourth-order valence-electron chi connectivity index (χ4n) is 1.73. The van der Waals surface area contributed by atoms with Gasteiger partial charge in [-0.25, -0.2) is 19.6 Å². The van der Waals surface area contributed by atoms with Gasteiger partial charge in [0.1, 0.15) is 21.5 Å². The lowest BCUT2D eigenvalue weighted by Gasteiger charge is -2.18. The van der Waals surface area contributed by atoms with Crippen LogP contribution < -0.4 is 0 Å². The van der Waals surface area contributed by atoms with E-state index < -0.39 is 17.5 Å². The number of pyridine rings is 1. The summed E-state index contributed by atoms with van der Waals surface area (Å²) in [6, 6.07) is 3.13. The second-order valence-electron chi connectivity index (χ2n) is 5.80. The van der Waals surface area contributed by atoms with Crippen molar-refractivity contribution in [3.63, 3.8) is 0 Å². The zero-order valence-corrected chi connectivity index (χ0v) is 15.3. The second kappa shape index (κ2) is 7.27. The number of carbonyl (C=O) groups excluding carboxylic acids is 2. The summed E-state index contributed by atoms with van der Waals surface area (Å²) in [5, 5.41) is 2.23. The minimum Gasteiger partial charge on any atom is -0.461 e. The van der Waals surface area contributed by atoms with E-state index in [4.69, 9.17) is 21.1 Å². The SMILES string of the molecule is CCOC(=O)c1ccc(-c2nc(C(=O)OC(C)(C)C)cs2)c(Cl)n1. The second-order valence-corrected chi connectivity index (χ2v) is 7.01. The van der Waals surface area contributed by atoms with E-state index >= 15 is 0 Å². The van der Waals surface area contributed by atoms with Crippen LogP contribution in [0, 0.1) is 0 Å². The van der Waals surface area contributed by atoms with Crippen LogP contribution in [-0.2, 0) is 9.47 Å². The highest BCUT2D eigenvalue weighted by atomic mass is 35.5. The summed E-state index contributed by atoms with van der Waals surface area (Å²) < 4.78 is 10.2. The van der Waals surface area contributed by atoms with Gasteiger partial charge >= 0.3 is 11.9 Å². The van der Waals surface area contributed by atoms with Crippen LogP contribution in [0.5, 0.6) is 0 Å². The summed E-state index contributed by atoms with van der Waals surface area (Å²) in [4.78, 5) is 31.9. The van der Waals surface area contributed by atoms with Crippen molar-refractivity contribution in [1.29, 1.82) is 0 Å². The number of nitrogens with zero attached hydrogens (tertiary/aromatic N) is 2. The van der Waals surface area contributed by atoms with Crippen molar-refractivity contribution in [1.82, 2.24) is 9.97 Å². The van der Waals surface area contributed by atoms with Crippen LogP contribution in [0.1, 0.15) is 48.7 Å². The molecule has 0 amide bonds. The molecule has 2 rings (SSSR count). The summed E-state index contributed by atoms with van der Waals surface area (Å²) in [6.07, 6.45) is 0. The maximum absolute atomic E-state index is 12.0. The number of esters is 2. The van der Waals surface area contributed by atoms with E-state index in [-0.39, 0.29) is 23.1 Å². The zero-order valence-electron chi connectivity index (χ0n) is 13.8. The standard InChI is InChI=1S/C16H17ClN2O4S/c1-5-22-14(20)10-7-6-9(12(17)18-10)13-19-11(8-24-13)15(21)23-16(2,3)4/h6-8H,5H2,1-4H3. The first kappa shape index (κ1) is 18.4. The molecule has 0 unspecified atom stereocenters. The quantitative estimate of drug-likeness (QED) is 0.599. The fourth-order valence-corrected chi connectivity index (χ4v) is 2.85. The molecule has 0 bridgehead atoms. The van der Waals surface area contributed by atoms with Crippen LogP contribution in [0.15, 0.2) is 17.5 Å². The number of hydrogen-bond acceptors (Lipinski definition) is 7. The largest absolute Gasteiger partial charge is 0.461 e. The Morgan fingerprint density at radius 3 is 2.46 bits per heavy atom. The van der Waals surface area contributed by atoms with Gasteiger partial charge in [0.05, 0.1) is 6.61 Å². The summed E-state index contributed by atoms with van der Waals surface area (Å²) in [6.45, 7) is 7.32. The molecular weight excluding hydrogens is 352 g/mol. The molecule has 8 heteroatoms. The maximum atomic E-state index is 12.0. The molecule has 0 saturated heterocycles. The Labute approximate surface area is 148 Å². The van der Waals surface area contributed by atoms with Crippen molar-refractivity contribution in [2.75, 3.05) is 6.61 Å². The van der Waals surface area contributed by atoms with Crippen LogP contribution in [0.25, 0.3) is 10.6 Å². The number of carbonyl (C=O) groups is 2. The number of halogens is 1. The monoisotopic (exact) mass is 368 g/mol. The smallest absolute Gasteiger partial charge is 0.358 e. The maximum Gasteiger partial charge on any atom is 0.358 e. The van der Waals surface area contributed by atoms with Crippen molar-refractivity contribution in [3.8, 4) is 10.6 Å². The van der Waals surface area contributed by atoms with Gasteiger partial charge in [0.25, 0.3) is 0 Å². The molecule has 0 atom stereocenters. The van der Waals surface area contributed by atoms with Gasteiger partial charge in [-0.05, 0) is 39.8 Å². The molecule has 2 aromatic rings. The predicted molar refractivity (Wildman–Crippen MR) is 91.5 cm³/mol. The molecule has 0 aliphatic rings. The van der Waals surface area contributed by atoms with Crippen LogP contribution in [-0.4, -0.2) is 34.1 Å². The Balaban J connectivity index is 2.24. The third-order valence-electron chi connectivity index (χ3n) is 2.68. The normalized spacial score (nSPS) is 11.2. The third kappa shape index (κ3) is 4.52. The molecule has 2 heterocycles. The van der Waals surface area contributed by atoms with Gasteiger partial charge in [-0.1, -0.05) is 11.6 Å². The van der Waals surface area contributed by atoms with Gasteiger partial charge < -0.3 is 9.47 Å². The first-order chi connectivity index (χ1) is 11.2. The average molecular weight is 369 g/mol. The van der Waals surface area contributed by atoms with E-state index in [2.05, 4.69) is 9.97 Å². The number of thiazole rings is 1. The Morgan fingerprint density at radius 2 is 1.88 bits per heavy atom. The van der Waals surface area contributed by atoms with Crippen molar-refractivity contribution in [3.05, 3.63) is 34.1 Å². The van der Waals surface area contributed by atoms with E-state index in [9.17, 15) is 9.59 Å². The topological polar surface area (TPSA) is 78.4 Å². The van der Waals surface area contributed by atoms with E-state index in [1.54, 1.807) is 39.1 Å². The molecule has 0 spiro atoms. The van der Waals surface area contributed by atoms with E-state index in [1.807, 2.05) is 0 Å². The molecule has 0 aliphatic heterocycles. The number of rotatable bonds is 4. The molecule has 0 radical (unpaired) electrons. The Bertz CT molecular complexity index is 768. The van der Waals surface area contributed by atoms with Crippen LogP contribution in [0.4, 0.5) is 0 Å². The molecule has 0 N–H and O–H groups in total. The van der Waals surface area contributed by atoms with Gasteiger partial charge in [-0.3, -0.25) is 0 Å². The highest BCUT2D eigenvalue weighted by molar-refractivity contribution is 7.13. The lowest BCUT2D eigenvalue weighted by atomic mass is 10.2. The third-order valence-corrected chi connectivity index (χ3v) is 3.84. The summed E-state index contributed by atoms with van der Waals surface area (Å²) in [5.41, 5.74) is 0.260. The summed E-state index contributed by atoms with van der Waals surface area (Å²) >= 11 is 7.38. The summed E-state index contributed by atoms with van der Waals surface area (Å²) in [5.74, 6) is -1.04. The van der Waals surface area contributed by atoms with Crippen molar-refractivity contribution in [2.45, 2.75) is 33.3 Å². The molecule has 24 heavy (non-hydrogen) atoms. The van der Waals surface area contributed by atoms with E-state index in [0.717, 1.165) is 0 Å². The molecular formula is C16H17ClN2O4S. The highest BCUT2D eigenvalue weighted by Crippen LogP contribution is 2.30. The molecule has 0 fully saturated rings. The first-order valence-corrected chi connectivity index (χ1v) is 8.50. The number of ether oxygens (including phenoxy) is 2. The fraction of sp³-hybridized carbons (Fsp3) is 0.375. The molecule has 0 aliphatic carbocycles. The number of aromatic nitrogens is 2. The molecule has 128 valence electrons. The van der Waals surface area contributed by atoms with Crippen LogP contribution >= 0.6 is 22.9 Å². The van der Waals surface area contributed by atoms with Crippen molar-refractivity contribution < 1.29 is 19.1 Å². The van der Waals surface area contributed by atoms with Crippen LogP contribution in [0.2, 0.25) is 5.15 Å². The molecule has 2 aromatic heterocycles. The molecule has 0 aromatic carbocycles. The predicted octanol–water partition coefficient (Wildman–Crippen LogP) is 3.99. The Kier molecular flexibility index (Phi) is 5.56. The first-order valence-electron chi connectivity index (χ1n) is 7.24. The minimum absolute atomic E-state index is 0.116. The lowest BCUT2D eigenvalue weighted by molar-refractivity contribution is 0.00636. The molecule has 0 saturated carbocycles. The van der Waals surface area contributed by atoms with Gasteiger partial charge in [-0.15, -0.1) is 11.3 Å². The minimum atomic E-state index is -0.596. The van der Waals surface area contributed by atoms with Crippen molar-refractivity contribution in [2.24, 2.45) is 0 Å². The lowest BCUT2D eigenvalue weighted by Crippen LogP contribution is -2.24. The number of hydrogen-bond donors (Lipinski definition) is 0. The van der Waals surface area contributed by atoms with Crippen molar-refractivity contribution >= 4 is 34.9 Å². The van der Waals surface area contributed by atoms with Gasteiger partial charge in [0, 0.05) is 10.9 Å². The Morgan fingerprint density at radius 1 is 1.17 bits per heavy atom. The van der Waals surface area contributed by atoms with Gasteiger partial charge in [0.2, 0.25) is 0 Å². The Hall–Kier alpha value is -1.99.